The minimum atomic E-state index is -4.91. The van der Waals surface area contributed by atoms with Crippen molar-refractivity contribution in [2.75, 3.05) is 6.54 Å². The van der Waals surface area contributed by atoms with Crippen molar-refractivity contribution in [1.82, 2.24) is 30.2 Å². The zero-order valence-electron chi connectivity index (χ0n) is 31.7. The molecule has 14 nitrogen and oxygen atoms in total. The third-order valence-corrected chi connectivity index (χ3v) is 14.2. The van der Waals surface area contributed by atoms with Gasteiger partial charge in [0, 0.05) is 41.7 Å². The average molecular weight is 825 g/mol. The van der Waals surface area contributed by atoms with Crippen LogP contribution in [0.3, 0.4) is 0 Å². The number of carbonyl (C=O) groups excluding carboxylic acids is 4. The molecule has 0 unspecified atom stereocenters. The molecule has 0 bridgehead atoms. The number of allylic oxidation sites excluding steroid dienone is 1. The summed E-state index contributed by atoms with van der Waals surface area (Å²) in [5.41, 5.74) is -3.76. The van der Waals surface area contributed by atoms with Gasteiger partial charge in [0.1, 0.15) is 28.7 Å². The number of sulfonamides is 1. The number of nitrogens with zero attached hydrogens (tertiary/aromatic N) is 3. The predicted octanol–water partition coefficient (Wildman–Crippen LogP) is 4.87. The minimum Gasteiger partial charge on any atom is -0.472 e. The average Bonchev–Trinajstić information content (AvgIpc) is 3.86. The lowest BCUT2D eigenvalue weighted by Crippen LogP contribution is -2.59. The maximum absolute atomic E-state index is 14.6. The third kappa shape index (κ3) is 8.67. The topological polar surface area (TPSA) is 186 Å². The fourth-order valence-electron chi connectivity index (χ4n) is 7.16. The summed E-state index contributed by atoms with van der Waals surface area (Å²) in [7, 11) is -4.06. The normalized spacial score (nSPS) is 30.0. The van der Waals surface area contributed by atoms with Crippen LogP contribution in [-0.4, -0.2) is 93.9 Å². The molecular formula is C37H47F3N6O8S2. The van der Waals surface area contributed by atoms with Crippen molar-refractivity contribution >= 4 is 45.2 Å². The quantitative estimate of drug-likeness (QED) is 0.310. The summed E-state index contributed by atoms with van der Waals surface area (Å²) in [6.07, 6.45) is 2.00. The molecule has 2 saturated carbocycles. The van der Waals surface area contributed by atoms with Gasteiger partial charge in [-0.05, 0) is 77.2 Å². The van der Waals surface area contributed by atoms with E-state index in [1.807, 2.05) is 18.4 Å². The van der Waals surface area contributed by atoms with E-state index < -0.39 is 85.9 Å². The first-order chi connectivity index (χ1) is 26.1. The highest BCUT2D eigenvalue weighted by Crippen LogP contribution is 2.47. The van der Waals surface area contributed by atoms with Crippen LogP contribution in [0, 0.1) is 17.8 Å². The lowest BCUT2D eigenvalue weighted by molar-refractivity contribution is -0.244. The minimum absolute atomic E-state index is 0.0279. The number of hydrogen-bond donors (Lipinski definition) is 3. The molecule has 1 saturated heterocycles. The number of amides is 4. The molecule has 56 heavy (non-hydrogen) atoms. The summed E-state index contributed by atoms with van der Waals surface area (Å²) in [5.74, 6) is -3.44. The van der Waals surface area contributed by atoms with E-state index in [1.165, 1.54) is 23.2 Å². The Balaban J connectivity index is 1.31. The number of carbonyl (C=O) groups is 4. The highest BCUT2D eigenvalue weighted by atomic mass is 32.2. The Labute approximate surface area is 327 Å². The molecule has 3 fully saturated rings. The van der Waals surface area contributed by atoms with E-state index in [9.17, 15) is 40.8 Å². The van der Waals surface area contributed by atoms with Crippen molar-refractivity contribution in [3.8, 4) is 16.5 Å². The lowest BCUT2D eigenvalue weighted by Gasteiger charge is -2.34. The number of alkyl halides is 3. The second kappa shape index (κ2) is 15.2. The molecule has 306 valence electrons. The number of alkyl carbamates (subject to hydrolysis) is 1. The van der Waals surface area contributed by atoms with Crippen LogP contribution in [0.15, 0.2) is 42.1 Å². The van der Waals surface area contributed by atoms with Crippen molar-refractivity contribution in [2.24, 2.45) is 17.8 Å². The number of nitrogens with one attached hydrogen (secondary N) is 3. The Morgan fingerprint density at radius 2 is 1.84 bits per heavy atom. The number of hydrogen-bond acceptors (Lipinski definition) is 11. The molecule has 19 heteroatoms. The van der Waals surface area contributed by atoms with Gasteiger partial charge in [-0.2, -0.15) is 13.2 Å². The first kappa shape index (κ1) is 41.4. The Morgan fingerprint density at radius 3 is 2.46 bits per heavy atom. The Hall–Kier alpha value is -4.26. The number of aromatic nitrogens is 2. The number of halogens is 3. The van der Waals surface area contributed by atoms with Crippen LogP contribution in [0.5, 0.6) is 5.88 Å². The van der Waals surface area contributed by atoms with Crippen LogP contribution in [0.2, 0.25) is 0 Å². The smallest absolute Gasteiger partial charge is 0.427 e. The molecule has 4 heterocycles. The van der Waals surface area contributed by atoms with Crippen molar-refractivity contribution < 1.29 is 50.2 Å². The van der Waals surface area contributed by atoms with Crippen molar-refractivity contribution in [3.05, 3.63) is 42.1 Å². The van der Waals surface area contributed by atoms with Crippen molar-refractivity contribution in [2.45, 2.75) is 120 Å². The fourth-order valence-corrected chi connectivity index (χ4v) is 9.10. The summed E-state index contributed by atoms with van der Waals surface area (Å²) < 4.78 is 79.3. The fraction of sp³-hybridized carbons (Fsp3) is 0.622. The van der Waals surface area contributed by atoms with Crippen LogP contribution >= 0.6 is 11.3 Å². The van der Waals surface area contributed by atoms with Gasteiger partial charge in [-0.15, -0.1) is 11.3 Å². The van der Waals surface area contributed by atoms with Crippen molar-refractivity contribution in [1.29, 1.82) is 0 Å². The van der Waals surface area contributed by atoms with E-state index >= 15 is 0 Å². The monoisotopic (exact) mass is 824 g/mol. The van der Waals surface area contributed by atoms with Crippen LogP contribution in [0.4, 0.5) is 18.0 Å². The van der Waals surface area contributed by atoms with E-state index in [0.717, 1.165) is 10.6 Å². The number of ether oxygens (including phenoxy) is 2. The number of fused-ring (bicyclic) bond motifs is 2. The van der Waals surface area contributed by atoms with Crippen molar-refractivity contribution in [3.63, 3.8) is 0 Å². The van der Waals surface area contributed by atoms with Crippen LogP contribution in [0.25, 0.3) is 10.6 Å². The largest absolute Gasteiger partial charge is 0.472 e. The molecule has 2 aliphatic heterocycles. The molecule has 6 rings (SSSR count). The van der Waals surface area contributed by atoms with Crippen LogP contribution < -0.4 is 20.1 Å². The van der Waals surface area contributed by atoms with Gasteiger partial charge in [-0.1, -0.05) is 26.0 Å². The summed E-state index contributed by atoms with van der Waals surface area (Å²) in [5, 5.41) is 7.71. The molecule has 2 aromatic rings. The SMILES string of the molecule is C[C@@H]1CC/C=C\[C@@H]2C[C@@]2(C(=O)NS(=O)(=O)C2(C)CC2)NC(=O)[C@@H]2C[C@@H](Oc3ccc(-c4nccs4)cn3)CN2C(=O)[C@@H](NC(=O)OC(C)(C)C(F)(F)F)[C@H](C)C1. The van der Waals surface area contributed by atoms with Gasteiger partial charge < -0.3 is 25.0 Å². The number of thiazole rings is 1. The molecule has 4 amide bonds. The van der Waals surface area contributed by atoms with E-state index in [1.54, 1.807) is 37.5 Å². The molecule has 4 aliphatic rings. The van der Waals surface area contributed by atoms with Crippen LogP contribution in [0.1, 0.15) is 79.6 Å². The van der Waals surface area contributed by atoms with E-state index in [2.05, 4.69) is 25.3 Å². The molecule has 2 aromatic heterocycles. The zero-order chi connectivity index (χ0) is 40.8. The van der Waals surface area contributed by atoms with Gasteiger partial charge in [0.25, 0.3) is 5.91 Å². The summed E-state index contributed by atoms with van der Waals surface area (Å²) >= 11 is 1.42. The number of pyridine rings is 1. The van der Waals surface area contributed by atoms with Gasteiger partial charge in [0.15, 0.2) is 0 Å². The third-order valence-electron chi connectivity index (χ3n) is 11.3. The first-order valence-electron chi connectivity index (χ1n) is 18.6. The second-order valence-corrected chi connectivity index (χ2v) is 19.3. The predicted molar refractivity (Wildman–Crippen MR) is 198 cm³/mol. The standard InChI is InChI=1S/C37H47F3N6O8S2/c1-21-8-6-7-9-24-18-36(24,32(49)45-56(51,52)35(5)12-13-35)44-29(47)26-17-25(53-27-11-10-23(19-42-27)30-41-14-15-55-30)20-46(26)31(48)28(22(2)16-21)43-33(50)54-34(3,4)37(38,39)40/h7,9-11,14-15,19,21-22,24-26,28H,6,8,12-13,16-18,20H2,1-5H3,(H,43,50)(H,44,47)(H,45,49)/b9-7-/t21-,22-,24-,25-,26+,28+,36-/m1/s1. The molecule has 0 radical (unpaired) electrons. The Kier molecular flexibility index (Phi) is 11.3. The molecule has 0 spiro atoms. The van der Waals surface area contributed by atoms with Gasteiger partial charge >= 0.3 is 12.3 Å². The highest BCUT2D eigenvalue weighted by molar-refractivity contribution is 7.91. The molecular weight excluding hydrogens is 778 g/mol. The summed E-state index contributed by atoms with van der Waals surface area (Å²) in [4.78, 5) is 65.7. The molecule has 2 aliphatic carbocycles. The summed E-state index contributed by atoms with van der Waals surface area (Å²) in [6.45, 7) is 6.36. The van der Waals surface area contributed by atoms with E-state index in [4.69, 9.17) is 9.47 Å². The molecule has 3 N–H and O–H groups in total. The highest BCUT2D eigenvalue weighted by Gasteiger charge is 2.63. The maximum atomic E-state index is 14.6. The Morgan fingerprint density at radius 1 is 1.11 bits per heavy atom. The summed E-state index contributed by atoms with van der Waals surface area (Å²) in [6, 6.07) is 0.650. The first-order valence-corrected chi connectivity index (χ1v) is 21.0. The number of rotatable bonds is 8. The Bertz CT molecular complexity index is 1960. The second-order valence-electron chi connectivity index (χ2n) is 16.2. The van der Waals surface area contributed by atoms with Gasteiger partial charge in [-0.25, -0.2) is 23.2 Å². The van der Waals surface area contributed by atoms with Gasteiger partial charge in [0.2, 0.25) is 33.3 Å². The maximum Gasteiger partial charge on any atom is 0.427 e. The molecule has 7 atom stereocenters. The van der Waals surface area contributed by atoms with Gasteiger partial charge in [0.05, 0.1) is 11.3 Å². The van der Waals surface area contributed by atoms with E-state index in [-0.39, 0.29) is 31.2 Å². The molecule has 0 aromatic carbocycles. The van der Waals surface area contributed by atoms with Crippen LogP contribution in [-0.2, 0) is 29.1 Å². The zero-order valence-corrected chi connectivity index (χ0v) is 33.4. The lowest BCUT2D eigenvalue weighted by atomic mass is 9.88. The van der Waals surface area contributed by atoms with Gasteiger partial charge in [-0.3, -0.25) is 19.1 Å². The van der Waals surface area contributed by atoms with E-state index in [0.29, 0.717) is 46.0 Å².